The lowest BCUT2D eigenvalue weighted by molar-refractivity contribution is 0.0975. The number of phenols is 2. The van der Waals surface area contributed by atoms with E-state index in [1.807, 2.05) is 68.4 Å². The van der Waals surface area contributed by atoms with Gasteiger partial charge >= 0.3 is 0 Å². The van der Waals surface area contributed by atoms with Gasteiger partial charge in [0, 0.05) is 23.5 Å². The van der Waals surface area contributed by atoms with Crippen LogP contribution < -0.4 is 4.90 Å². The number of aromatic hydroxyl groups is 2. The van der Waals surface area contributed by atoms with Gasteiger partial charge in [0.25, 0.3) is 5.91 Å². The van der Waals surface area contributed by atoms with Gasteiger partial charge in [-0.25, -0.2) is 9.97 Å². The van der Waals surface area contributed by atoms with Crippen molar-refractivity contribution in [2.75, 3.05) is 4.90 Å². The van der Waals surface area contributed by atoms with Crippen LogP contribution in [0.4, 0.5) is 5.69 Å². The summed E-state index contributed by atoms with van der Waals surface area (Å²) in [7, 11) is 0. The van der Waals surface area contributed by atoms with E-state index in [4.69, 9.17) is 11.6 Å². The summed E-state index contributed by atoms with van der Waals surface area (Å²) in [5, 5.41) is 20.1. The summed E-state index contributed by atoms with van der Waals surface area (Å²) in [4.78, 5) is 23.5. The molecule has 7 heteroatoms. The number of anilines is 1. The zero-order chi connectivity index (χ0) is 23.5. The lowest BCUT2D eigenvalue weighted by atomic mass is 10.0. The second kappa shape index (κ2) is 9.30. The first-order chi connectivity index (χ1) is 15.8. The number of hydrogen-bond donors (Lipinski definition) is 2. The molecule has 4 aromatic rings. The van der Waals surface area contributed by atoms with E-state index in [-0.39, 0.29) is 28.4 Å². The van der Waals surface area contributed by atoms with Crippen LogP contribution in [0.15, 0.2) is 79.0 Å². The predicted octanol–water partition coefficient (Wildman–Crippen LogP) is 5.92. The molecule has 1 amide bonds. The first-order valence-electron chi connectivity index (χ1n) is 10.3. The minimum Gasteiger partial charge on any atom is -0.508 e. The number of aryl methyl sites for hydroxylation is 1. The lowest BCUT2D eigenvalue weighted by Gasteiger charge is -2.30. The van der Waals surface area contributed by atoms with E-state index in [1.54, 1.807) is 11.1 Å². The topological polar surface area (TPSA) is 86.6 Å². The second-order valence-corrected chi connectivity index (χ2v) is 8.02. The van der Waals surface area contributed by atoms with Gasteiger partial charge in [0.05, 0.1) is 17.3 Å². The standard InChI is InChI=1S/C26H22ClN3O3/c1-16-15-28-26(27)29-24(16)19-8-10-20(11-9-19)30(17(2)18-6-4-3-5-7-18)25(33)22-13-12-21(31)14-23(22)32/h3-15,17,31-32H,1-2H3/t17-/m1/s1. The fourth-order valence-corrected chi connectivity index (χ4v) is 3.85. The molecule has 1 aromatic heterocycles. The Morgan fingerprint density at radius 2 is 1.70 bits per heavy atom. The predicted molar refractivity (Wildman–Crippen MR) is 129 cm³/mol. The summed E-state index contributed by atoms with van der Waals surface area (Å²) < 4.78 is 0. The zero-order valence-corrected chi connectivity index (χ0v) is 18.9. The van der Waals surface area contributed by atoms with Crippen LogP contribution in [0, 0.1) is 6.92 Å². The number of carbonyl (C=O) groups is 1. The van der Waals surface area contributed by atoms with Crippen molar-refractivity contribution in [3.05, 3.63) is 101 Å². The maximum atomic E-state index is 13.6. The van der Waals surface area contributed by atoms with Gasteiger partial charge in [-0.1, -0.05) is 42.5 Å². The average molecular weight is 460 g/mol. The normalized spacial score (nSPS) is 11.7. The third-order valence-electron chi connectivity index (χ3n) is 5.46. The van der Waals surface area contributed by atoms with Gasteiger partial charge in [-0.15, -0.1) is 0 Å². The molecule has 0 fully saturated rings. The molecule has 0 aliphatic rings. The molecule has 0 spiro atoms. The molecule has 0 aliphatic heterocycles. The van der Waals surface area contributed by atoms with Crippen molar-refractivity contribution in [1.82, 2.24) is 9.97 Å². The first-order valence-corrected chi connectivity index (χ1v) is 10.7. The van der Waals surface area contributed by atoms with Crippen molar-refractivity contribution in [3.63, 3.8) is 0 Å². The van der Waals surface area contributed by atoms with E-state index in [0.29, 0.717) is 11.4 Å². The molecule has 0 aliphatic carbocycles. The Morgan fingerprint density at radius 1 is 1.00 bits per heavy atom. The highest BCUT2D eigenvalue weighted by Crippen LogP contribution is 2.33. The SMILES string of the molecule is Cc1cnc(Cl)nc1-c1ccc(N(C(=O)c2ccc(O)cc2O)[C@H](C)c2ccccc2)cc1. The van der Waals surface area contributed by atoms with Crippen LogP contribution in [-0.2, 0) is 0 Å². The Bertz CT molecular complexity index is 1290. The number of halogens is 1. The van der Waals surface area contributed by atoms with Gasteiger partial charge in [-0.3, -0.25) is 4.79 Å². The number of hydrogen-bond acceptors (Lipinski definition) is 5. The smallest absolute Gasteiger partial charge is 0.262 e. The molecule has 0 unspecified atom stereocenters. The number of amides is 1. The van der Waals surface area contributed by atoms with Gasteiger partial charge in [0.1, 0.15) is 11.5 Å². The highest BCUT2D eigenvalue weighted by Gasteiger charge is 2.26. The highest BCUT2D eigenvalue weighted by atomic mass is 35.5. The van der Waals surface area contributed by atoms with Crippen molar-refractivity contribution in [3.8, 4) is 22.8 Å². The molecule has 3 aromatic carbocycles. The monoisotopic (exact) mass is 459 g/mol. The molecular weight excluding hydrogens is 438 g/mol. The molecule has 4 rings (SSSR count). The minimum atomic E-state index is -0.391. The molecule has 1 heterocycles. The fourth-order valence-electron chi connectivity index (χ4n) is 3.72. The van der Waals surface area contributed by atoms with Crippen LogP contribution in [0.3, 0.4) is 0 Å². The van der Waals surface area contributed by atoms with Gasteiger partial charge in [-0.2, -0.15) is 0 Å². The minimum absolute atomic E-state index is 0.0954. The molecular formula is C26H22ClN3O3. The summed E-state index contributed by atoms with van der Waals surface area (Å²) in [5.74, 6) is -0.791. The fraction of sp³-hybridized carbons (Fsp3) is 0.115. The Labute approximate surface area is 196 Å². The van der Waals surface area contributed by atoms with Crippen molar-refractivity contribution >= 4 is 23.2 Å². The van der Waals surface area contributed by atoms with Gasteiger partial charge in [0.2, 0.25) is 5.28 Å². The number of nitrogens with zero attached hydrogens (tertiary/aromatic N) is 3. The van der Waals surface area contributed by atoms with Crippen molar-refractivity contribution in [2.45, 2.75) is 19.9 Å². The van der Waals surface area contributed by atoms with E-state index < -0.39 is 5.91 Å². The van der Waals surface area contributed by atoms with E-state index in [9.17, 15) is 15.0 Å². The largest absolute Gasteiger partial charge is 0.508 e. The Balaban J connectivity index is 1.77. The maximum Gasteiger partial charge on any atom is 0.262 e. The van der Waals surface area contributed by atoms with E-state index in [1.165, 1.54) is 12.1 Å². The molecule has 0 bridgehead atoms. The number of benzene rings is 3. The quantitative estimate of drug-likeness (QED) is 0.361. The third kappa shape index (κ3) is 4.66. The average Bonchev–Trinajstić information content (AvgIpc) is 2.81. The van der Waals surface area contributed by atoms with Gasteiger partial charge in [-0.05, 0) is 60.8 Å². The summed E-state index contributed by atoms with van der Waals surface area (Å²) >= 11 is 5.98. The summed E-state index contributed by atoms with van der Waals surface area (Å²) in [6.45, 7) is 3.83. The number of aromatic nitrogens is 2. The second-order valence-electron chi connectivity index (χ2n) is 7.68. The number of rotatable bonds is 5. The molecule has 0 radical (unpaired) electrons. The summed E-state index contributed by atoms with van der Waals surface area (Å²) in [6.07, 6.45) is 1.67. The van der Waals surface area contributed by atoms with Crippen LogP contribution in [0.1, 0.15) is 34.5 Å². The van der Waals surface area contributed by atoms with Crippen LogP contribution in [0.2, 0.25) is 5.28 Å². The first kappa shape index (κ1) is 22.3. The zero-order valence-electron chi connectivity index (χ0n) is 18.1. The van der Waals surface area contributed by atoms with E-state index >= 15 is 0 Å². The van der Waals surface area contributed by atoms with Crippen LogP contribution in [-0.4, -0.2) is 26.1 Å². The van der Waals surface area contributed by atoms with Crippen molar-refractivity contribution < 1.29 is 15.0 Å². The molecule has 0 saturated carbocycles. The lowest BCUT2D eigenvalue weighted by Crippen LogP contribution is -2.33. The maximum absolute atomic E-state index is 13.6. The molecule has 6 nitrogen and oxygen atoms in total. The van der Waals surface area contributed by atoms with E-state index in [2.05, 4.69) is 9.97 Å². The molecule has 1 atom stereocenters. The Kier molecular flexibility index (Phi) is 6.29. The van der Waals surface area contributed by atoms with Gasteiger partial charge < -0.3 is 15.1 Å². The summed E-state index contributed by atoms with van der Waals surface area (Å²) in [6, 6.07) is 20.7. The Morgan fingerprint density at radius 3 is 2.36 bits per heavy atom. The summed E-state index contributed by atoms with van der Waals surface area (Å²) in [5.41, 5.74) is 4.11. The number of phenolic OH excluding ortho intramolecular Hbond substituents is 2. The molecule has 166 valence electrons. The van der Waals surface area contributed by atoms with Crippen LogP contribution in [0.25, 0.3) is 11.3 Å². The van der Waals surface area contributed by atoms with Crippen LogP contribution in [0.5, 0.6) is 11.5 Å². The van der Waals surface area contributed by atoms with Crippen molar-refractivity contribution in [2.24, 2.45) is 0 Å². The van der Waals surface area contributed by atoms with E-state index in [0.717, 1.165) is 22.8 Å². The molecule has 0 saturated heterocycles. The molecule has 2 N–H and O–H groups in total. The van der Waals surface area contributed by atoms with Crippen molar-refractivity contribution in [1.29, 1.82) is 0 Å². The Hall–Kier alpha value is -3.90. The van der Waals surface area contributed by atoms with Crippen LogP contribution >= 0.6 is 11.6 Å². The molecule has 33 heavy (non-hydrogen) atoms. The van der Waals surface area contributed by atoms with Gasteiger partial charge in [0.15, 0.2) is 0 Å². The highest BCUT2D eigenvalue weighted by molar-refractivity contribution is 6.28. The number of carbonyl (C=O) groups excluding carboxylic acids is 1. The third-order valence-corrected chi connectivity index (χ3v) is 5.64.